The summed E-state index contributed by atoms with van der Waals surface area (Å²) in [7, 11) is 0.619. The number of rotatable bonds is 1. The summed E-state index contributed by atoms with van der Waals surface area (Å²) in [5, 5.41) is 0.634. The van der Waals surface area contributed by atoms with Crippen LogP contribution in [0.15, 0.2) is 34.1 Å². The molecule has 0 amide bonds. The molecular weight excluding hydrogens is 222 g/mol. The first-order chi connectivity index (χ1) is 7.52. The van der Waals surface area contributed by atoms with Crippen molar-refractivity contribution in [2.75, 3.05) is 6.26 Å². The first kappa shape index (κ1) is 11.1. The zero-order chi connectivity index (χ0) is 11.9. The van der Waals surface area contributed by atoms with Crippen molar-refractivity contribution in [3.05, 3.63) is 40.2 Å². The van der Waals surface area contributed by atoms with Crippen LogP contribution in [-0.4, -0.2) is 15.0 Å². The Balaban J connectivity index is 3.02. The summed E-state index contributed by atoms with van der Waals surface area (Å²) in [6.45, 7) is 1.96. The molecule has 1 heterocycles. The second-order valence-corrected chi connectivity index (χ2v) is 5.21. The molecule has 1 aromatic carbocycles. The van der Waals surface area contributed by atoms with Crippen LogP contribution >= 0.6 is 0 Å². The quantitative estimate of drug-likeness (QED) is 0.753. The number of para-hydroxylation sites is 1. The number of hydrogen-bond donors (Lipinski definition) is 0. The highest BCUT2D eigenvalue weighted by Gasteiger charge is 2.10. The summed E-state index contributed by atoms with van der Waals surface area (Å²) in [5.41, 5.74) is 1.82. The third kappa shape index (κ3) is 1.59. The van der Waals surface area contributed by atoms with Crippen molar-refractivity contribution < 1.29 is 4.21 Å². The number of aromatic nitrogens is 1. The molecule has 84 valence electrons. The van der Waals surface area contributed by atoms with Gasteiger partial charge in [0.05, 0.1) is 16.3 Å². The molecule has 0 fully saturated rings. The molecule has 16 heavy (non-hydrogen) atoms. The topological polar surface area (TPSA) is 39.1 Å². The molecule has 3 nitrogen and oxygen atoms in total. The van der Waals surface area contributed by atoms with E-state index in [9.17, 15) is 9.00 Å². The molecule has 1 aromatic heterocycles. The molecule has 0 aliphatic carbocycles. The van der Waals surface area contributed by atoms with Gasteiger partial charge in [0.15, 0.2) is 0 Å². The largest absolute Gasteiger partial charge is 0.349 e. The Labute approximate surface area is 96.2 Å². The maximum absolute atomic E-state index is 12.1. The van der Waals surface area contributed by atoms with Crippen LogP contribution in [0.25, 0.3) is 10.9 Å². The van der Waals surface area contributed by atoms with Crippen LogP contribution in [0.1, 0.15) is 5.56 Å². The Bertz CT molecular complexity index is 643. The minimum absolute atomic E-state index is 0.127. The lowest BCUT2D eigenvalue weighted by Gasteiger charge is -2.09. The van der Waals surface area contributed by atoms with Crippen LogP contribution in [0.3, 0.4) is 0 Å². The Hall–Kier alpha value is -1.42. The Morgan fingerprint density at radius 3 is 2.62 bits per heavy atom. The van der Waals surface area contributed by atoms with Crippen LogP contribution in [-0.2, 0) is 17.8 Å². The SMILES string of the molecule is Cc1cccc2c(=O)c(S(C)=O)cn(C)c12. The molecule has 0 radical (unpaired) electrons. The van der Waals surface area contributed by atoms with Crippen LogP contribution in [0.5, 0.6) is 0 Å². The molecule has 0 saturated heterocycles. The molecular formula is C12H13NO2S. The van der Waals surface area contributed by atoms with Gasteiger partial charge in [-0.05, 0) is 18.6 Å². The molecule has 1 atom stereocenters. The predicted octanol–water partition coefficient (Wildman–Crippen LogP) is 1.58. The first-order valence-electron chi connectivity index (χ1n) is 4.94. The third-order valence-corrected chi connectivity index (χ3v) is 3.59. The molecule has 0 saturated carbocycles. The minimum atomic E-state index is -1.25. The zero-order valence-electron chi connectivity index (χ0n) is 9.48. The lowest BCUT2D eigenvalue weighted by atomic mass is 10.1. The van der Waals surface area contributed by atoms with Gasteiger partial charge in [0.2, 0.25) is 5.43 Å². The molecule has 0 spiro atoms. The lowest BCUT2D eigenvalue weighted by Crippen LogP contribution is -2.14. The highest BCUT2D eigenvalue weighted by atomic mass is 32.2. The summed E-state index contributed by atoms with van der Waals surface area (Å²) in [6, 6.07) is 5.59. The van der Waals surface area contributed by atoms with Gasteiger partial charge in [0.1, 0.15) is 4.90 Å². The van der Waals surface area contributed by atoms with Crippen LogP contribution in [0.2, 0.25) is 0 Å². The van der Waals surface area contributed by atoms with Gasteiger partial charge >= 0.3 is 0 Å². The summed E-state index contributed by atoms with van der Waals surface area (Å²) >= 11 is 0. The number of hydrogen-bond acceptors (Lipinski definition) is 2. The fourth-order valence-corrected chi connectivity index (χ4v) is 2.62. The fourth-order valence-electron chi connectivity index (χ4n) is 1.95. The van der Waals surface area contributed by atoms with Gasteiger partial charge in [-0.15, -0.1) is 0 Å². The minimum Gasteiger partial charge on any atom is -0.349 e. The van der Waals surface area contributed by atoms with E-state index in [4.69, 9.17) is 0 Å². The van der Waals surface area contributed by atoms with Gasteiger partial charge in [-0.3, -0.25) is 9.00 Å². The van der Waals surface area contributed by atoms with Crippen molar-refractivity contribution in [3.63, 3.8) is 0 Å². The van der Waals surface area contributed by atoms with E-state index in [1.807, 2.05) is 30.7 Å². The monoisotopic (exact) mass is 235 g/mol. The van der Waals surface area contributed by atoms with Crippen molar-refractivity contribution in [2.24, 2.45) is 7.05 Å². The summed E-state index contributed by atoms with van der Waals surface area (Å²) < 4.78 is 13.3. The van der Waals surface area contributed by atoms with Gasteiger partial charge in [0, 0.05) is 24.9 Å². The highest BCUT2D eigenvalue weighted by molar-refractivity contribution is 7.84. The second kappa shape index (κ2) is 3.87. The Morgan fingerprint density at radius 1 is 1.31 bits per heavy atom. The normalized spacial score (nSPS) is 12.9. The standard InChI is InChI=1S/C12H13NO2S/c1-8-5-4-6-9-11(8)13(2)7-10(12(9)14)16(3)15/h4-7H,1-3H3. The number of pyridine rings is 1. The summed E-state index contributed by atoms with van der Waals surface area (Å²) in [6.07, 6.45) is 3.19. The van der Waals surface area contributed by atoms with Crippen molar-refractivity contribution in [3.8, 4) is 0 Å². The maximum Gasteiger partial charge on any atom is 0.205 e. The van der Waals surface area contributed by atoms with Gasteiger partial charge in [-0.2, -0.15) is 0 Å². The summed E-state index contributed by atoms with van der Waals surface area (Å²) in [5.74, 6) is 0. The predicted molar refractivity (Wildman–Crippen MR) is 66.3 cm³/mol. The van der Waals surface area contributed by atoms with E-state index >= 15 is 0 Å². The smallest absolute Gasteiger partial charge is 0.205 e. The van der Waals surface area contributed by atoms with Gasteiger partial charge in [-0.25, -0.2) is 0 Å². The van der Waals surface area contributed by atoms with E-state index in [1.54, 1.807) is 12.3 Å². The van der Waals surface area contributed by atoms with Crippen molar-refractivity contribution in [2.45, 2.75) is 11.8 Å². The van der Waals surface area contributed by atoms with Crippen LogP contribution < -0.4 is 5.43 Å². The van der Waals surface area contributed by atoms with Crippen LogP contribution in [0.4, 0.5) is 0 Å². The van der Waals surface area contributed by atoms with Crippen LogP contribution in [0, 0.1) is 6.92 Å². The number of aryl methyl sites for hydroxylation is 2. The van der Waals surface area contributed by atoms with E-state index in [2.05, 4.69) is 0 Å². The van der Waals surface area contributed by atoms with E-state index in [0.717, 1.165) is 11.1 Å². The number of benzene rings is 1. The van der Waals surface area contributed by atoms with Gasteiger partial charge in [-0.1, -0.05) is 12.1 Å². The average Bonchev–Trinajstić information content (AvgIpc) is 2.22. The van der Waals surface area contributed by atoms with E-state index in [0.29, 0.717) is 10.3 Å². The molecule has 1 unspecified atom stereocenters. The number of fused-ring (bicyclic) bond motifs is 1. The molecule has 0 aliphatic rings. The maximum atomic E-state index is 12.1. The number of nitrogens with zero attached hydrogens (tertiary/aromatic N) is 1. The molecule has 2 rings (SSSR count). The molecule has 2 aromatic rings. The second-order valence-electron chi connectivity index (χ2n) is 3.86. The van der Waals surface area contributed by atoms with Crippen molar-refractivity contribution in [1.82, 2.24) is 4.57 Å². The molecule has 4 heteroatoms. The molecule has 0 bridgehead atoms. The van der Waals surface area contributed by atoms with E-state index in [-0.39, 0.29) is 5.43 Å². The van der Waals surface area contributed by atoms with Gasteiger partial charge < -0.3 is 4.57 Å². The average molecular weight is 235 g/mol. The van der Waals surface area contributed by atoms with Gasteiger partial charge in [0.25, 0.3) is 0 Å². The van der Waals surface area contributed by atoms with E-state index < -0.39 is 10.8 Å². The highest BCUT2D eigenvalue weighted by Crippen LogP contribution is 2.16. The Kier molecular flexibility index (Phi) is 2.68. The van der Waals surface area contributed by atoms with Crippen molar-refractivity contribution in [1.29, 1.82) is 0 Å². The first-order valence-corrected chi connectivity index (χ1v) is 6.50. The zero-order valence-corrected chi connectivity index (χ0v) is 10.3. The Morgan fingerprint density at radius 2 is 2.00 bits per heavy atom. The lowest BCUT2D eigenvalue weighted by molar-refractivity contribution is 0.685. The third-order valence-electron chi connectivity index (χ3n) is 2.68. The molecule has 0 aliphatic heterocycles. The molecule has 0 N–H and O–H groups in total. The summed E-state index contributed by atoms with van der Waals surface area (Å²) in [4.78, 5) is 12.4. The fraction of sp³-hybridized carbons (Fsp3) is 0.250. The van der Waals surface area contributed by atoms with E-state index in [1.165, 1.54) is 6.26 Å². The van der Waals surface area contributed by atoms with Crippen molar-refractivity contribution >= 4 is 21.7 Å².